The molecule has 0 bridgehead atoms. The Morgan fingerprint density at radius 3 is 3.00 bits per heavy atom. The molecule has 18 heavy (non-hydrogen) atoms. The minimum Gasteiger partial charge on any atom is -0.319 e. The van der Waals surface area contributed by atoms with E-state index < -0.39 is 0 Å². The Balaban J connectivity index is 1.96. The third-order valence-corrected chi connectivity index (χ3v) is 3.79. The Hall–Kier alpha value is -0.930. The van der Waals surface area contributed by atoms with Gasteiger partial charge in [0.25, 0.3) is 0 Å². The quantitative estimate of drug-likeness (QED) is 0.883. The number of halogens is 1. The Bertz CT molecular complexity index is 390. The molecule has 1 aliphatic rings. The van der Waals surface area contributed by atoms with Crippen LogP contribution < -0.4 is 5.32 Å². The number of benzene rings is 1. The molecular weight excluding hydrogens is 227 g/mol. The third-order valence-electron chi connectivity index (χ3n) is 3.79. The van der Waals surface area contributed by atoms with Crippen LogP contribution in [-0.2, 0) is 6.54 Å². The van der Waals surface area contributed by atoms with Gasteiger partial charge < -0.3 is 5.32 Å². The van der Waals surface area contributed by atoms with Crippen molar-refractivity contribution in [3.63, 3.8) is 0 Å². The molecule has 2 nitrogen and oxygen atoms in total. The second-order valence-corrected chi connectivity index (χ2v) is 5.37. The second kappa shape index (κ2) is 6.30. The van der Waals surface area contributed by atoms with Gasteiger partial charge in [-0.3, -0.25) is 4.90 Å². The molecule has 2 rings (SSSR count). The van der Waals surface area contributed by atoms with Gasteiger partial charge in [0, 0.05) is 13.1 Å². The first-order chi connectivity index (χ1) is 8.69. The van der Waals surface area contributed by atoms with Gasteiger partial charge in [-0.2, -0.15) is 0 Å². The standard InChI is InChI=1S/C15H23FN2/c1-12-8-15(16)6-5-14(12)11-18-7-3-4-13(10-18)9-17-2/h5-6,8,13,17H,3-4,7,9-11H2,1-2H3. The van der Waals surface area contributed by atoms with Gasteiger partial charge in [0.2, 0.25) is 0 Å². The lowest BCUT2D eigenvalue weighted by atomic mass is 9.97. The van der Waals surface area contributed by atoms with E-state index in [0.29, 0.717) is 0 Å². The lowest BCUT2D eigenvalue weighted by molar-refractivity contribution is 0.166. The van der Waals surface area contributed by atoms with Crippen LogP contribution in [0.25, 0.3) is 0 Å². The molecule has 1 aliphatic heterocycles. The molecule has 1 aromatic carbocycles. The van der Waals surface area contributed by atoms with Crippen molar-refractivity contribution in [2.45, 2.75) is 26.3 Å². The van der Waals surface area contributed by atoms with Crippen molar-refractivity contribution >= 4 is 0 Å². The summed E-state index contributed by atoms with van der Waals surface area (Å²) in [5, 5.41) is 3.26. The van der Waals surface area contributed by atoms with Gasteiger partial charge in [-0.15, -0.1) is 0 Å². The van der Waals surface area contributed by atoms with Gasteiger partial charge in [-0.05, 0) is 69.1 Å². The minimum absolute atomic E-state index is 0.136. The zero-order valence-corrected chi connectivity index (χ0v) is 11.4. The first-order valence-electron chi connectivity index (χ1n) is 6.81. The first kappa shape index (κ1) is 13.5. The van der Waals surface area contributed by atoms with E-state index in [1.165, 1.54) is 18.4 Å². The highest BCUT2D eigenvalue weighted by molar-refractivity contribution is 5.26. The van der Waals surface area contributed by atoms with Gasteiger partial charge in [-0.1, -0.05) is 6.07 Å². The molecule has 1 heterocycles. The minimum atomic E-state index is -0.136. The number of nitrogens with one attached hydrogen (secondary N) is 1. The Kier molecular flexibility index (Phi) is 4.72. The van der Waals surface area contributed by atoms with Crippen molar-refractivity contribution in [3.8, 4) is 0 Å². The number of piperidine rings is 1. The van der Waals surface area contributed by atoms with E-state index in [2.05, 4.69) is 10.2 Å². The molecule has 1 saturated heterocycles. The normalized spacial score (nSPS) is 21.2. The molecule has 0 spiro atoms. The van der Waals surface area contributed by atoms with Crippen molar-refractivity contribution in [1.29, 1.82) is 0 Å². The van der Waals surface area contributed by atoms with E-state index in [4.69, 9.17) is 0 Å². The van der Waals surface area contributed by atoms with E-state index >= 15 is 0 Å². The molecule has 0 saturated carbocycles. The van der Waals surface area contributed by atoms with E-state index in [0.717, 1.165) is 37.7 Å². The molecule has 0 aromatic heterocycles. The average Bonchev–Trinajstić information content (AvgIpc) is 2.34. The number of hydrogen-bond donors (Lipinski definition) is 1. The van der Waals surface area contributed by atoms with Crippen molar-refractivity contribution in [3.05, 3.63) is 35.1 Å². The van der Waals surface area contributed by atoms with Crippen molar-refractivity contribution < 1.29 is 4.39 Å². The van der Waals surface area contributed by atoms with Gasteiger partial charge in [0.05, 0.1) is 0 Å². The van der Waals surface area contributed by atoms with Crippen LogP contribution in [0.4, 0.5) is 4.39 Å². The smallest absolute Gasteiger partial charge is 0.123 e. The lowest BCUT2D eigenvalue weighted by Gasteiger charge is -2.33. The van der Waals surface area contributed by atoms with Crippen molar-refractivity contribution in [2.24, 2.45) is 5.92 Å². The van der Waals surface area contributed by atoms with Crippen LogP contribution in [-0.4, -0.2) is 31.6 Å². The van der Waals surface area contributed by atoms with Crippen LogP contribution in [0.5, 0.6) is 0 Å². The third kappa shape index (κ3) is 3.53. The lowest BCUT2D eigenvalue weighted by Crippen LogP contribution is -2.38. The summed E-state index contributed by atoms with van der Waals surface area (Å²) in [4.78, 5) is 2.49. The van der Waals surface area contributed by atoms with Crippen LogP contribution in [0.15, 0.2) is 18.2 Å². The summed E-state index contributed by atoms with van der Waals surface area (Å²) in [5.74, 6) is 0.618. The van der Waals surface area contributed by atoms with Crippen LogP contribution in [0.2, 0.25) is 0 Å². The van der Waals surface area contributed by atoms with E-state index in [1.54, 1.807) is 12.1 Å². The zero-order chi connectivity index (χ0) is 13.0. The number of likely N-dealkylation sites (tertiary alicyclic amines) is 1. The van der Waals surface area contributed by atoms with Crippen LogP contribution >= 0.6 is 0 Å². The Morgan fingerprint density at radius 2 is 2.28 bits per heavy atom. The summed E-state index contributed by atoms with van der Waals surface area (Å²) < 4.78 is 13.1. The molecule has 1 N–H and O–H groups in total. The number of rotatable bonds is 4. The SMILES string of the molecule is CNCC1CCCN(Cc2ccc(F)cc2C)C1. The molecule has 3 heteroatoms. The summed E-state index contributed by atoms with van der Waals surface area (Å²) in [7, 11) is 2.02. The molecule has 0 aliphatic carbocycles. The Morgan fingerprint density at radius 1 is 1.44 bits per heavy atom. The maximum atomic E-state index is 13.1. The Labute approximate surface area is 109 Å². The monoisotopic (exact) mass is 250 g/mol. The number of nitrogens with zero attached hydrogens (tertiary/aromatic N) is 1. The summed E-state index contributed by atoms with van der Waals surface area (Å²) in [6.07, 6.45) is 2.59. The fourth-order valence-corrected chi connectivity index (χ4v) is 2.83. The fraction of sp³-hybridized carbons (Fsp3) is 0.600. The average molecular weight is 250 g/mol. The number of aryl methyl sites for hydroxylation is 1. The molecular formula is C15H23FN2. The highest BCUT2D eigenvalue weighted by atomic mass is 19.1. The van der Waals surface area contributed by atoms with Crippen LogP contribution in [0.3, 0.4) is 0 Å². The molecule has 1 fully saturated rings. The van der Waals surface area contributed by atoms with Crippen LogP contribution in [0.1, 0.15) is 24.0 Å². The van der Waals surface area contributed by atoms with Gasteiger partial charge in [-0.25, -0.2) is 4.39 Å². The second-order valence-electron chi connectivity index (χ2n) is 5.37. The van der Waals surface area contributed by atoms with E-state index in [-0.39, 0.29) is 5.82 Å². The van der Waals surface area contributed by atoms with Gasteiger partial charge >= 0.3 is 0 Å². The largest absolute Gasteiger partial charge is 0.319 e. The maximum absolute atomic E-state index is 13.1. The topological polar surface area (TPSA) is 15.3 Å². The highest BCUT2D eigenvalue weighted by Gasteiger charge is 2.19. The molecule has 100 valence electrons. The maximum Gasteiger partial charge on any atom is 0.123 e. The van der Waals surface area contributed by atoms with Crippen molar-refractivity contribution in [1.82, 2.24) is 10.2 Å². The number of hydrogen-bond acceptors (Lipinski definition) is 2. The summed E-state index contributed by atoms with van der Waals surface area (Å²) in [5.41, 5.74) is 2.31. The van der Waals surface area contributed by atoms with Crippen LogP contribution in [0, 0.1) is 18.7 Å². The van der Waals surface area contributed by atoms with Gasteiger partial charge in [0.15, 0.2) is 0 Å². The highest BCUT2D eigenvalue weighted by Crippen LogP contribution is 2.19. The first-order valence-corrected chi connectivity index (χ1v) is 6.81. The van der Waals surface area contributed by atoms with E-state index in [1.807, 2.05) is 20.0 Å². The van der Waals surface area contributed by atoms with Crippen molar-refractivity contribution in [2.75, 3.05) is 26.7 Å². The molecule has 1 aromatic rings. The molecule has 0 amide bonds. The summed E-state index contributed by atoms with van der Waals surface area (Å²) in [6, 6.07) is 5.12. The predicted octanol–water partition coefficient (Wildman–Crippen LogP) is 2.57. The fourth-order valence-electron chi connectivity index (χ4n) is 2.83. The predicted molar refractivity (Wildman–Crippen MR) is 73.1 cm³/mol. The van der Waals surface area contributed by atoms with E-state index in [9.17, 15) is 4.39 Å². The van der Waals surface area contributed by atoms with Gasteiger partial charge in [0.1, 0.15) is 5.82 Å². The summed E-state index contributed by atoms with van der Waals surface area (Å²) in [6.45, 7) is 6.35. The molecule has 0 radical (unpaired) electrons. The molecule has 1 unspecified atom stereocenters. The zero-order valence-electron chi connectivity index (χ0n) is 11.4. The summed E-state index contributed by atoms with van der Waals surface area (Å²) >= 11 is 0. The molecule has 1 atom stereocenters.